The second-order valence-corrected chi connectivity index (χ2v) is 7.22. The van der Waals surface area contributed by atoms with Crippen LogP contribution in [0.25, 0.3) is 0 Å². The number of hydrogen-bond acceptors (Lipinski definition) is 3. The first-order valence-electron chi connectivity index (χ1n) is 7.00. The van der Waals surface area contributed by atoms with Crippen LogP contribution in [0.3, 0.4) is 0 Å². The molecule has 0 aliphatic heterocycles. The number of hydrogen-bond donors (Lipinski definition) is 2. The Morgan fingerprint density at radius 3 is 2.57 bits per heavy atom. The van der Waals surface area contributed by atoms with Crippen LogP contribution in [0.2, 0.25) is 0 Å². The van der Waals surface area contributed by atoms with E-state index < -0.39 is 0 Å². The van der Waals surface area contributed by atoms with Crippen LogP contribution in [0.5, 0.6) is 0 Å². The Labute approximate surface area is 135 Å². The van der Waals surface area contributed by atoms with Crippen molar-refractivity contribution in [3.8, 4) is 0 Å². The highest BCUT2D eigenvalue weighted by Crippen LogP contribution is 2.23. The number of thiocarbonyl (C=S) groups is 1. The normalized spacial score (nSPS) is 11.2. The number of anilines is 1. The average molecular weight is 319 g/mol. The summed E-state index contributed by atoms with van der Waals surface area (Å²) in [6, 6.07) is 9.93. The SMILES string of the molecule is CC(C)(C)c1csc(CCNC(=S)Nc2ccccc2)n1. The van der Waals surface area contributed by atoms with E-state index in [0.29, 0.717) is 5.11 Å². The van der Waals surface area contributed by atoms with Crippen LogP contribution >= 0.6 is 23.6 Å². The van der Waals surface area contributed by atoms with Gasteiger partial charge in [0.15, 0.2) is 5.11 Å². The minimum absolute atomic E-state index is 0.117. The molecule has 0 saturated carbocycles. The minimum atomic E-state index is 0.117. The van der Waals surface area contributed by atoms with E-state index in [1.807, 2.05) is 30.3 Å². The molecule has 0 unspecified atom stereocenters. The third-order valence-corrected chi connectivity index (χ3v) is 4.13. The molecule has 0 aliphatic rings. The summed E-state index contributed by atoms with van der Waals surface area (Å²) < 4.78 is 0. The number of nitrogens with zero attached hydrogens (tertiary/aromatic N) is 1. The molecule has 0 amide bonds. The zero-order valence-electron chi connectivity index (χ0n) is 12.6. The van der Waals surface area contributed by atoms with Gasteiger partial charge < -0.3 is 10.6 Å². The third-order valence-electron chi connectivity index (χ3n) is 2.98. The molecule has 112 valence electrons. The van der Waals surface area contributed by atoms with E-state index in [2.05, 4.69) is 41.8 Å². The molecule has 0 saturated heterocycles. The molecule has 2 rings (SSSR count). The Bertz CT molecular complexity index is 585. The van der Waals surface area contributed by atoms with Crippen molar-refractivity contribution in [2.45, 2.75) is 32.6 Å². The van der Waals surface area contributed by atoms with Crippen LogP contribution in [0.1, 0.15) is 31.5 Å². The van der Waals surface area contributed by atoms with Crippen LogP contribution in [-0.4, -0.2) is 16.6 Å². The van der Waals surface area contributed by atoms with E-state index in [9.17, 15) is 0 Å². The number of benzene rings is 1. The average Bonchev–Trinajstić information content (AvgIpc) is 2.88. The van der Waals surface area contributed by atoms with E-state index in [4.69, 9.17) is 12.2 Å². The van der Waals surface area contributed by atoms with Crippen molar-refractivity contribution in [3.63, 3.8) is 0 Å². The number of thiazole rings is 1. The molecular weight excluding hydrogens is 298 g/mol. The van der Waals surface area contributed by atoms with Gasteiger partial charge in [0.1, 0.15) is 0 Å². The van der Waals surface area contributed by atoms with Crippen molar-refractivity contribution >= 4 is 34.4 Å². The van der Waals surface area contributed by atoms with Gasteiger partial charge in [-0.3, -0.25) is 0 Å². The Balaban J connectivity index is 1.77. The van der Waals surface area contributed by atoms with E-state index in [1.54, 1.807) is 11.3 Å². The van der Waals surface area contributed by atoms with Crippen LogP contribution < -0.4 is 10.6 Å². The zero-order valence-corrected chi connectivity index (χ0v) is 14.3. The van der Waals surface area contributed by atoms with E-state index >= 15 is 0 Å². The second-order valence-electron chi connectivity index (χ2n) is 5.87. The van der Waals surface area contributed by atoms with Crippen molar-refractivity contribution in [1.29, 1.82) is 0 Å². The fourth-order valence-electron chi connectivity index (χ4n) is 1.75. The minimum Gasteiger partial charge on any atom is -0.362 e. The molecule has 2 N–H and O–H groups in total. The monoisotopic (exact) mass is 319 g/mol. The van der Waals surface area contributed by atoms with Crippen LogP contribution in [-0.2, 0) is 11.8 Å². The van der Waals surface area contributed by atoms with Crippen molar-refractivity contribution in [3.05, 3.63) is 46.4 Å². The first-order chi connectivity index (χ1) is 9.95. The van der Waals surface area contributed by atoms with E-state index in [-0.39, 0.29) is 5.41 Å². The zero-order chi connectivity index (χ0) is 15.3. The third kappa shape index (κ3) is 5.10. The largest absolute Gasteiger partial charge is 0.362 e. The molecular formula is C16H21N3S2. The Morgan fingerprint density at radius 2 is 1.95 bits per heavy atom. The lowest BCUT2D eigenvalue weighted by molar-refractivity contribution is 0.570. The van der Waals surface area contributed by atoms with Crippen molar-refractivity contribution < 1.29 is 0 Å². The first-order valence-corrected chi connectivity index (χ1v) is 8.29. The standard InChI is InChI=1S/C16H21N3S2/c1-16(2,3)13-11-21-14(19-13)9-10-17-15(20)18-12-7-5-4-6-8-12/h4-8,11H,9-10H2,1-3H3,(H2,17,18,20). The first kappa shape index (κ1) is 15.9. The number of rotatable bonds is 4. The highest BCUT2D eigenvalue weighted by Gasteiger charge is 2.17. The van der Waals surface area contributed by atoms with Gasteiger partial charge in [-0.15, -0.1) is 11.3 Å². The van der Waals surface area contributed by atoms with Gasteiger partial charge in [-0.1, -0.05) is 39.0 Å². The summed E-state index contributed by atoms with van der Waals surface area (Å²) >= 11 is 6.99. The maximum Gasteiger partial charge on any atom is 0.170 e. The van der Waals surface area contributed by atoms with Crippen LogP contribution in [0.4, 0.5) is 5.69 Å². The number of para-hydroxylation sites is 1. The lowest BCUT2D eigenvalue weighted by Gasteiger charge is -2.14. The molecule has 0 fully saturated rings. The summed E-state index contributed by atoms with van der Waals surface area (Å²) in [6.45, 7) is 7.34. The van der Waals surface area contributed by atoms with Gasteiger partial charge in [0, 0.05) is 29.4 Å². The fraction of sp³-hybridized carbons (Fsp3) is 0.375. The number of nitrogens with one attached hydrogen (secondary N) is 2. The molecule has 2 aromatic rings. The molecule has 0 aliphatic carbocycles. The summed E-state index contributed by atoms with van der Waals surface area (Å²) in [5.41, 5.74) is 2.28. The summed E-state index contributed by atoms with van der Waals surface area (Å²) in [6.07, 6.45) is 0.886. The molecule has 1 heterocycles. The van der Waals surface area contributed by atoms with Crippen LogP contribution in [0.15, 0.2) is 35.7 Å². The van der Waals surface area contributed by atoms with Gasteiger partial charge in [0.2, 0.25) is 0 Å². The van der Waals surface area contributed by atoms with E-state index in [0.717, 1.165) is 29.4 Å². The lowest BCUT2D eigenvalue weighted by atomic mass is 9.93. The maximum absolute atomic E-state index is 5.28. The molecule has 21 heavy (non-hydrogen) atoms. The van der Waals surface area contributed by atoms with Gasteiger partial charge in [-0.05, 0) is 24.4 Å². The van der Waals surface area contributed by atoms with Gasteiger partial charge in [-0.2, -0.15) is 0 Å². The van der Waals surface area contributed by atoms with E-state index in [1.165, 1.54) is 0 Å². The number of aromatic nitrogens is 1. The second kappa shape index (κ2) is 7.00. The molecule has 3 nitrogen and oxygen atoms in total. The Kier molecular flexibility index (Phi) is 5.31. The molecule has 1 aromatic heterocycles. The van der Waals surface area contributed by atoms with Gasteiger partial charge in [0.05, 0.1) is 10.7 Å². The lowest BCUT2D eigenvalue weighted by Crippen LogP contribution is -2.30. The van der Waals surface area contributed by atoms with Crippen molar-refractivity contribution in [2.75, 3.05) is 11.9 Å². The smallest absolute Gasteiger partial charge is 0.170 e. The highest BCUT2D eigenvalue weighted by molar-refractivity contribution is 7.80. The molecule has 5 heteroatoms. The summed E-state index contributed by atoms with van der Waals surface area (Å²) in [5, 5.41) is 10.3. The Hall–Kier alpha value is -1.46. The predicted molar refractivity (Wildman–Crippen MR) is 95.2 cm³/mol. The molecule has 0 atom stereocenters. The summed E-state index contributed by atoms with van der Waals surface area (Å²) in [5.74, 6) is 0. The summed E-state index contributed by atoms with van der Waals surface area (Å²) in [4.78, 5) is 4.68. The van der Waals surface area contributed by atoms with Gasteiger partial charge in [-0.25, -0.2) is 4.98 Å². The van der Waals surface area contributed by atoms with Gasteiger partial charge in [0.25, 0.3) is 0 Å². The predicted octanol–water partition coefficient (Wildman–Crippen LogP) is 3.97. The molecule has 1 aromatic carbocycles. The van der Waals surface area contributed by atoms with Gasteiger partial charge >= 0.3 is 0 Å². The topological polar surface area (TPSA) is 37.0 Å². The molecule has 0 spiro atoms. The fourth-order valence-corrected chi connectivity index (χ4v) is 2.99. The molecule has 0 bridgehead atoms. The Morgan fingerprint density at radius 1 is 1.24 bits per heavy atom. The van der Waals surface area contributed by atoms with Crippen molar-refractivity contribution in [2.24, 2.45) is 0 Å². The molecule has 0 radical (unpaired) electrons. The highest BCUT2D eigenvalue weighted by atomic mass is 32.1. The maximum atomic E-state index is 5.28. The van der Waals surface area contributed by atoms with Crippen LogP contribution in [0, 0.1) is 0 Å². The van der Waals surface area contributed by atoms with Crippen molar-refractivity contribution in [1.82, 2.24) is 10.3 Å². The summed E-state index contributed by atoms with van der Waals surface area (Å²) in [7, 11) is 0. The quantitative estimate of drug-likeness (QED) is 0.836.